The molecule has 1 atom stereocenters. The van der Waals surface area contributed by atoms with Crippen LogP contribution in [0, 0.1) is 0 Å². The van der Waals surface area contributed by atoms with Crippen LogP contribution < -0.4 is 5.32 Å². The molecule has 0 aliphatic rings. The minimum absolute atomic E-state index is 0.415. The topological polar surface area (TPSA) is 17.0 Å². The van der Waals surface area contributed by atoms with E-state index in [0.717, 1.165) is 13.0 Å². The van der Waals surface area contributed by atoms with Crippen LogP contribution in [-0.4, -0.2) is 11.6 Å². The number of nitrogens with one attached hydrogen (secondary N) is 1. The summed E-state index contributed by atoms with van der Waals surface area (Å²) < 4.78 is 2.33. The zero-order valence-corrected chi connectivity index (χ0v) is 10.6. The molecule has 2 aromatic rings. The maximum Gasteiger partial charge on any atom is 0.0443 e. The summed E-state index contributed by atoms with van der Waals surface area (Å²) >= 11 is 1.84. The van der Waals surface area contributed by atoms with Crippen LogP contribution in [0.4, 0.5) is 0 Å². The lowest BCUT2D eigenvalue weighted by atomic mass is 10.2. The Morgan fingerprint density at radius 1 is 1.38 bits per heavy atom. The van der Waals surface area contributed by atoms with Gasteiger partial charge in [0.05, 0.1) is 0 Å². The molecule has 1 unspecified atom stereocenters. The SMILES string of the molecule is CNC(C)c1cccn1CCc1cccs1. The van der Waals surface area contributed by atoms with Gasteiger partial charge in [0.1, 0.15) is 0 Å². The van der Waals surface area contributed by atoms with Crippen LogP contribution in [0.15, 0.2) is 35.8 Å². The Balaban J connectivity index is 2.01. The van der Waals surface area contributed by atoms with Crippen molar-refractivity contribution >= 4 is 11.3 Å². The van der Waals surface area contributed by atoms with Gasteiger partial charge in [-0.1, -0.05) is 6.07 Å². The number of hydrogen-bond donors (Lipinski definition) is 1. The number of nitrogens with zero attached hydrogens (tertiary/aromatic N) is 1. The highest BCUT2D eigenvalue weighted by atomic mass is 32.1. The van der Waals surface area contributed by atoms with E-state index in [1.807, 2.05) is 18.4 Å². The van der Waals surface area contributed by atoms with Crippen LogP contribution in [0.2, 0.25) is 0 Å². The molecule has 0 aliphatic heterocycles. The molecule has 16 heavy (non-hydrogen) atoms. The van der Waals surface area contributed by atoms with Crippen LogP contribution in [0.25, 0.3) is 0 Å². The monoisotopic (exact) mass is 234 g/mol. The first-order chi connectivity index (χ1) is 7.81. The van der Waals surface area contributed by atoms with Crippen molar-refractivity contribution in [3.05, 3.63) is 46.4 Å². The van der Waals surface area contributed by atoms with E-state index in [0.29, 0.717) is 6.04 Å². The predicted octanol–water partition coefficient (Wildman–Crippen LogP) is 3.07. The molecule has 0 radical (unpaired) electrons. The number of rotatable bonds is 5. The molecule has 0 saturated heterocycles. The first-order valence-electron chi connectivity index (χ1n) is 5.66. The second-order valence-corrected chi connectivity index (χ2v) is 5.00. The van der Waals surface area contributed by atoms with E-state index >= 15 is 0 Å². The average Bonchev–Trinajstić information content (AvgIpc) is 2.96. The van der Waals surface area contributed by atoms with Gasteiger partial charge >= 0.3 is 0 Å². The summed E-state index contributed by atoms with van der Waals surface area (Å²) in [5.41, 5.74) is 1.36. The van der Waals surface area contributed by atoms with Crippen molar-refractivity contribution < 1.29 is 0 Å². The number of aryl methyl sites for hydroxylation is 2. The Morgan fingerprint density at radius 2 is 2.25 bits per heavy atom. The van der Waals surface area contributed by atoms with Gasteiger partial charge in [-0.2, -0.15) is 0 Å². The fourth-order valence-electron chi connectivity index (χ4n) is 1.86. The molecule has 0 aromatic carbocycles. The maximum atomic E-state index is 3.28. The molecule has 0 spiro atoms. The Labute approximate surface area is 101 Å². The molecule has 0 amide bonds. The van der Waals surface area contributed by atoms with Gasteiger partial charge in [0.25, 0.3) is 0 Å². The third-order valence-corrected chi connectivity index (χ3v) is 3.86. The molecule has 0 saturated carbocycles. The van der Waals surface area contributed by atoms with Gasteiger partial charge in [-0.25, -0.2) is 0 Å². The summed E-state index contributed by atoms with van der Waals surface area (Å²) in [6, 6.07) is 9.05. The van der Waals surface area contributed by atoms with E-state index in [-0.39, 0.29) is 0 Å². The van der Waals surface area contributed by atoms with Gasteiger partial charge in [0.15, 0.2) is 0 Å². The van der Waals surface area contributed by atoms with Crippen LogP contribution in [0.1, 0.15) is 23.5 Å². The summed E-state index contributed by atoms with van der Waals surface area (Å²) in [7, 11) is 2.00. The minimum Gasteiger partial charge on any atom is -0.350 e. The van der Waals surface area contributed by atoms with Gasteiger partial charge in [0, 0.05) is 29.4 Å². The third-order valence-electron chi connectivity index (χ3n) is 2.92. The lowest BCUT2D eigenvalue weighted by Gasteiger charge is -2.14. The molecule has 0 bridgehead atoms. The zero-order valence-electron chi connectivity index (χ0n) is 9.81. The quantitative estimate of drug-likeness (QED) is 0.841. The Bertz CT molecular complexity index is 417. The van der Waals surface area contributed by atoms with E-state index in [1.165, 1.54) is 10.6 Å². The largest absolute Gasteiger partial charge is 0.350 e. The smallest absolute Gasteiger partial charge is 0.0443 e. The van der Waals surface area contributed by atoms with Crippen molar-refractivity contribution in [2.45, 2.75) is 25.9 Å². The van der Waals surface area contributed by atoms with Gasteiger partial charge in [0.2, 0.25) is 0 Å². The number of hydrogen-bond acceptors (Lipinski definition) is 2. The summed E-state index contributed by atoms with van der Waals surface area (Å²) in [4.78, 5) is 1.46. The Kier molecular flexibility index (Phi) is 3.80. The molecule has 1 N–H and O–H groups in total. The predicted molar refractivity (Wildman–Crippen MR) is 69.9 cm³/mol. The fraction of sp³-hybridized carbons (Fsp3) is 0.385. The van der Waals surface area contributed by atoms with Crippen LogP contribution in [0.5, 0.6) is 0 Å². The third kappa shape index (κ3) is 2.54. The first kappa shape index (κ1) is 11.4. The molecular formula is C13H18N2S. The van der Waals surface area contributed by atoms with Gasteiger partial charge in [-0.15, -0.1) is 11.3 Å². The average molecular weight is 234 g/mol. The van der Waals surface area contributed by atoms with Crippen molar-refractivity contribution in [1.29, 1.82) is 0 Å². The highest BCUT2D eigenvalue weighted by Gasteiger charge is 2.07. The summed E-state index contributed by atoms with van der Waals surface area (Å²) in [5.74, 6) is 0. The van der Waals surface area contributed by atoms with Crippen molar-refractivity contribution in [3.63, 3.8) is 0 Å². The van der Waals surface area contributed by atoms with Crippen molar-refractivity contribution in [2.24, 2.45) is 0 Å². The van der Waals surface area contributed by atoms with Gasteiger partial charge in [-0.05, 0) is 44.0 Å². The van der Waals surface area contributed by atoms with E-state index in [4.69, 9.17) is 0 Å². The lowest BCUT2D eigenvalue weighted by Crippen LogP contribution is -2.17. The first-order valence-corrected chi connectivity index (χ1v) is 6.54. The van der Waals surface area contributed by atoms with Crippen molar-refractivity contribution in [2.75, 3.05) is 7.05 Å². The van der Waals surface area contributed by atoms with E-state index in [9.17, 15) is 0 Å². The van der Waals surface area contributed by atoms with E-state index in [2.05, 4.69) is 52.7 Å². The lowest BCUT2D eigenvalue weighted by molar-refractivity contribution is 0.569. The second-order valence-electron chi connectivity index (χ2n) is 3.97. The van der Waals surface area contributed by atoms with Gasteiger partial charge < -0.3 is 9.88 Å². The molecule has 0 aliphatic carbocycles. The molecule has 2 nitrogen and oxygen atoms in total. The Morgan fingerprint density at radius 3 is 2.94 bits per heavy atom. The van der Waals surface area contributed by atoms with E-state index < -0.39 is 0 Å². The van der Waals surface area contributed by atoms with Gasteiger partial charge in [-0.3, -0.25) is 0 Å². The molecular weight excluding hydrogens is 216 g/mol. The normalized spacial score (nSPS) is 12.9. The second kappa shape index (κ2) is 5.32. The van der Waals surface area contributed by atoms with E-state index in [1.54, 1.807) is 0 Å². The molecule has 0 fully saturated rings. The minimum atomic E-state index is 0.415. The summed E-state index contributed by atoms with van der Waals surface area (Å²) in [6.07, 6.45) is 3.28. The molecule has 2 heterocycles. The zero-order chi connectivity index (χ0) is 11.4. The highest BCUT2D eigenvalue weighted by Crippen LogP contribution is 2.15. The van der Waals surface area contributed by atoms with Crippen LogP contribution >= 0.6 is 11.3 Å². The van der Waals surface area contributed by atoms with Crippen LogP contribution in [0.3, 0.4) is 0 Å². The van der Waals surface area contributed by atoms with Crippen molar-refractivity contribution in [1.82, 2.24) is 9.88 Å². The maximum absolute atomic E-state index is 3.28. The summed E-state index contributed by atoms with van der Waals surface area (Å²) in [6.45, 7) is 3.26. The number of aromatic nitrogens is 1. The standard InChI is InChI=1S/C13H18N2S/c1-11(14-2)13-6-3-8-15(13)9-7-12-5-4-10-16-12/h3-6,8,10-11,14H,7,9H2,1-2H3. The Hall–Kier alpha value is -1.06. The molecule has 2 rings (SSSR count). The molecule has 3 heteroatoms. The fourth-order valence-corrected chi connectivity index (χ4v) is 2.56. The number of thiophene rings is 1. The van der Waals surface area contributed by atoms with Crippen LogP contribution in [-0.2, 0) is 13.0 Å². The highest BCUT2D eigenvalue weighted by molar-refractivity contribution is 7.09. The summed E-state index contributed by atoms with van der Waals surface area (Å²) in [5, 5.41) is 5.42. The van der Waals surface area contributed by atoms with Crippen molar-refractivity contribution in [3.8, 4) is 0 Å². The molecule has 86 valence electrons. The molecule has 2 aromatic heterocycles.